The fraction of sp³-hybridized carbons (Fsp3) is 0.824. The number of fused-ring (bicyclic) bond motifs is 1. The van der Waals surface area contributed by atoms with Gasteiger partial charge in [-0.25, -0.2) is 4.79 Å². The van der Waals surface area contributed by atoms with Crippen LogP contribution in [0.15, 0.2) is 0 Å². The van der Waals surface area contributed by atoms with Crippen molar-refractivity contribution in [3.63, 3.8) is 0 Å². The molecule has 0 N–H and O–H groups in total. The molecule has 0 aliphatic carbocycles. The van der Waals surface area contributed by atoms with E-state index in [1.54, 1.807) is 9.80 Å². The van der Waals surface area contributed by atoms with Gasteiger partial charge in [0.25, 0.3) is 5.91 Å². The van der Waals surface area contributed by atoms with Gasteiger partial charge in [-0.15, -0.1) is 0 Å². The fourth-order valence-electron chi connectivity index (χ4n) is 3.60. The molecule has 0 spiro atoms. The molecule has 0 aromatic heterocycles. The van der Waals surface area contributed by atoms with E-state index in [0.29, 0.717) is 45.7 Å². The van der Waals surface area contributed by atoms with Crippen LogP contribution in [0.5, 0.6) is 0 Å². The number of amides is 2. The van der Waals surface area contributed by atoms with Crippen LogP contribution in [0.1, 0.15) is 26.7 Å². The molecule has 0 saturated carbocycles. The molecule has 8 nitrogen and oxygen atoms in total. The Kier molecular flexibility index (Phi) is 5.58. The van der Waals surface area contributed by atoms with Crippen molar-refractivity contribution in [2.75, 3.05) is 39.5 Å². The van der Waals surface area contributed by atoms with Gasteiger partial charge in [-0.2, -0.15) is 0 Å². The third kappa shape index (κ3) is 3.95. The van der Waals surface area contributed by atoms with Crippen LogP contribution in [0.25, 0.3) is 0 Å². The molecule has 3 atom stereocenters. The Morgan fingerprint density at radius 2 is 1.96 bits per heavy atom. The first-order valence-electron chi connectivity index (χ1n) is 8.95. The van der Waals surface area contributed by atoms with Crippen LogP contribution >= 0.6 is 0 Å². The van der Waals surface area contributed by atoms with E-state index in [1.165, 1.54) is 0 Å². The number of carbonyl (C=O) groups excluding carboxylic acids is 3. The first kappa shape index (κ1) is 18.1. The van der Waals surface area contributed by atoms with Crippen LogP contribution in [-0.4, -0.2) is 85.3 Å². The Hall–Kier alpha value is -1.67. The molecule has 2 amide bonds. The number of likely N-dealkylation sites (tertiary alicyclic amines) is 1. The van der Waals surface area contributed by atoms with Gasteiger partial charge in [0, 0.05) is 19.6 Å². The summed E-state index contributed by atoms with van der Waals surface area (Å²) in [6.45, 7) is 6.33. The molecule has 8 heteroatoms. The Morgan fingerprint density at radius 1 is 1.24 bits per heavy atom. The topological polar surface area (TPSA) is 85.4 Å². The van der Waals surface area contributed by atoms with Crippen molar-refractivity contribution in [1.82, 2.24) is 9.80 Å². The highest BCUT2D eigenvalue weighted by molar-refractivity contribution is 5.94. The lowest BCUT2D eigenvalue weighted by Gasteiger charge is -2.31. The standard InChI is InChI=1S/C17H26N2O6/c1-11(2)9-14(25-17(22)18-5-7-23-8-6-18)16(21)19-4-3-13-15(19)12(20)10-24-13/h11,13-15H,3-10H2,1-2H3. The minimum atomic E-state index is -0.873. The molecule has 3 saturated heterocycles. The molecule has 3 heterocycles. The molecule has 140 valence electrons. The summed E-state index contributed by atoms with van der Waals surface area (Å²) in [5.41, 5.74) is 0. The first-order chi connectivity index (χ1) is 12.0. The predicted molar refractivity (Wildman–Crippen MR) is 87.0 cm³/mol. The van der Waals surface area contributed by atoms with Gasteiger partial charge in [0.15, 0.2) is 11.9 Å². The third-order valence-electron chi connectivity index (χ3n) is 4.87. The highest BCUT2D eigenvalue weighted by Gasteiger charge is 2.48. The summed E-state index contributed by atoms with van der Waals surface area (Å²) < 4.78 is 16.2. The van der Waals surface area contributed by atoms with Gasteiger partial charge in [-0.1, -0.05) is 13.8 Å². The molecule has 0 aromatic carbocycles. The highest BCUT2D eigenvalue weighted by Crippen LogP contribution is 2.28. The Morgan fingerprint density at radius 3 is 2.64 bits per heavy atom. The molecule has 3 rings (SSSR count). The normalized spacial score (nSPS) is 27.6. The van der Waals surface area contributed by atoms with Gasteiger partial charge in [0.1, 0.15) is 12.6 Å². The molecular weight excluding hydrogens is 328 g/mol. The van der Waals surface area contributed by atoms with Gasteiger partial charge in [0.05, 0.1) is 19.3 Å². The number of rotatable bonds is 4. The van der Waals surface area contributed by atoms with Gasteiger partial charge in [-0.3, -0.25) is 9.59 Å². The second kappa shape index (κ2) is 7.70. The van der Waals surface area contributed by atoms with Crippen molar-refractivity contribution in [3.05, 3.63) is 0 Å². The lowest BCUT2D eigenvalue weighted by atomic mass is 10.0. The van der Waals surface area contributed by atoms with Crippen LogP contribution in [-0.2, 0) is 23.8 Å². The van der Waals surface area contributed by atoms with E-state index in [-0.39, 0.29) is 30.3 Å². The molecule has 25 heavy (non-hydrogen) atoms. The maximum Gasteiger partial charge on any atom is 0.410 e. The molecule has 0 radical (unpaired) electrons. The zero-order valence-electron chi connectivity index (χ0n) is 14.8. The Balaban J connectivity index is 1.68. The Labute approximate surface area is 147 Å². The average Bonchev–Trinajstić information content (AvgIpc) is 3.17. The molecular formula is C17H26N2O6. The number of nitrogens with zero attached hydrogens (tertiary/aromatic N) is 2. The van der Waals surface area contributed by atoms with E-state index >= 15 is 0 Å². The number of ketones is 1. The van der Waals surface area contributed by atoms with Crippen molar-refractivity contribution in [1.29, 1.82) is 0 Å². The largest absolute Gasteiger partial charge is 0.436 e. The predicted octanol–water partition coefficient (Wildman–Crippen LogP) is 0.439. The van der Waals surface area contributed by atoms with E-state index in [4.69, 9.17) is 14.2 Å². The number of hydrogen-bond donors (Lipinski definition) is 0. The van der Waals surface area contributed by atoms with Crippen molar-refractivity contribution in [2.24, 2.45) is 5.92 Å². The second-order valence-corrected chi connectivity index (χ2v) is 7.18. The first-order valence-corrected chi connectivity index (χ1v) is 8.95. The molecule has 3 aliphatic rings. The van der Waals surface area contributed by atoms with Gasteiger partial charge < -0.3 is 24.0 Å². The second-order valence-electron chi connectivity index (χ2n) is 7.18. The lowest BCUT2D eigenvalue weighted by Crippen LogP contribution is -2.50. The zero-order valence-corrected chi connectivity index (χ0v) is 14.8. The smallest absolute Gasteiger partial charge is 0.410 e. The van der Waals surface area contributed by atoms with E-state index < -0.39 is 18.2 Å². The maximum absolute atomic E-state index is 13.0. The van der Waals surface area contributed by atoms with Crippen LogP contribution < -0.4 is 0 Å². The SMILES string of the molecule is CC(C)CC(OC(=O)N1CCOCC1)C(=O)N1CCC2OCC(=O)C21. The quantitative estimate of drug-likeness (QED) is 0.728. The van der Waals surface area contributed by atoms with Crippen molar-refractivity contribution in [3.8, 4) is 0 Å². The highest BCUT2D eigenvalue weighted by atomic mass is 16.6. The summed E-state index contributed by atoms with van der Waals surface area (Å²) in [6.07, 6.45) is -0.508. The molecule has 3 aliphatic heterocycles. The number of Topliss-reactive ketones (excluding diaryl/α,β-unsaturated/α-hetero) is 1. The van der Waals surface area contributed by atoms with Crippen molar-refractivity contribution < 1.29 is 28.6 Å². The van der Waals surface area contributed by atoms with E-state index in [9.17, 15) is 14.4 Å². The molecule has 0 aromatic rings. The van der Waals surface area contributed by atoms with Gasteiger partial charge in [0.2, 0.25) is 0 Å². The summed E-state index contributed by atoms with van der Waals surface area (Å²) in [4.78, 5) is 40.5. The summed E-state index contributed by atoms with van der Waals surface area (Å²) in [7, 11) is 0. The van der Waals surface area contributed by atoms with Crippen LogP contribution in [0.3, 0.4) is 0 Å². The molecule has 0 bridgehead atoms. The third-order valence-corrected chi connectivity index (χ3v) is 4.87. The monoisotopic (exact) mass is 354 g/mol. The van der Waals surface area contributed by atoms with E-state index in [2.05, 4.69) is 0 Å². The fourth-order valence-corrected chi connectivity index (χ4v) is 3.60. The van der Waals surface area contributed by atoms with E-state index in [0.717, 1.165) is 0 Å². The maximum atomic E-state index is 13.0. The van der Waals surface area contributed by atoms with Crippen LogP contribution in [0, 0.1) is 5.92 Å². The Bertz CT molecular complexity index is 531. The minimum Gasteiger partial charge on any atom is -0.436 e. The number of carbonyl (C=O) groups is 3. The van der Waals surface area contributed by atoms with Crippen molar-refractivity contribution in [2.45, 2.75) is 44.9 Å². The molecule has 3 fully saturated rings. The zero-order chi connectivity index (χ0) is 18.0. The average molecular weight is 354 g/mol. The summed E-state index contributed by atoms with van der Waals surface area (Å²) in [6, 6.07) is -0.524. The summed E-state index contributed by atoms with van der Waals surface area (Å²) >= 11 is 0. The van der Waals surface area contributed by atoms with Crippen molar-refractivity contribution >= 4 is 17.8 Å². The summed E-state index contributed by atoms with van der Waals surface area (Å²) in [5.74, 6) is -0.180. The van der Waals surface area contributed by atoms with Crippen LogP contribution in [0.2, 0.25) is 0 Å². The minimum absolute atomic E-state index is 0.0571. The van der Waals surface area contributed by atoms with Crippen LogP contribution in [0.4, 0.5) is 4.79 Å². The number of hydrogen-bond acceptors (Lipinski definition) is 6. The molecule has 3 unspecified atom stereocenters. The number of morpholine rings is 1. The summed E-state index contributed by atoms with van der Waals surface area (Å²) in [5, 5.41) is 0. The van der Waals surface area contributed by atoms with Gasteiger partial charge in [-0.05, 0) is 18.8 Å². The van der Waals surface area contributed by atoms with E-state index in [1.807, 2.05) is 13.8 Å². The lowest BCUT2D eigenvalue weighted by molar-refractivity contribution is -0.145. The van der Waals surface area contributed by atoms with Gasteiger partial charge >= 0.3 is 6.09 Å². The number of ether oxygens (including phenoxy) is 3.